The Morgan fingerprint density at radius 1 is 1.42 bits per heavy atom. The average molecular weight is 325 g/mol. The van der Waals surface area contributed by atoms with Crippen LogP contribution in [-0.2, 0) is 0 Å². The Bertz CT molecular complexity index is 569. The Balaban J connectivity index is 2.03. The SMILES string of the molecule is OCCC1CCCCN1c1nc(Br)cn2ccnc12. The molecule has 6 heteroatoms. The molecular formula is C13H17BrN4O. The van der Waals surface area contributed by atoms with Gasteiger partial charge in [-0.25, -0.2) is 9.97 Å². The fraction of sp³-hybridized carbons (Fsp3) is 0.538. The van der Waals surface area contributed by atoms with Crippen LogP contribution in [0.15, 0.2) is 23.2 Å². The number of aliphatic hydroxyl groups excluding tert-OH is 1. The van der Waals surface area contributed by atoms with Crippen LogP contribution in [0, 0.1) is 0 Å². The number of hydrogen-bond acceptors (Lipinski definition) is 4. The maximum atomic E-state index is 9.23. The Labute approximate surface area is 120 Å². The molecule has 102 valence electrons. The van der Waals surface area contributed by atoms with E-state index in [1.165, 1.54) is 12.8 Å². The lowest BCUT2D eigenvalue weighted by Crippen LogP contribution is -2.41. The molecule has 3 rings (SSSR count). The fourth-order valence-corrected chi connectivity index (χ4v) is 3.19. The van der Waals surface area contributed by atoms with Crippen molar-refractivity contribution in [3.05, 3.63) is 23.2 Å². The van der Waals surface area contributed by atoms with Gasteiger partial charge in [0.2, 0.25) is 0 Å². The molecule has 0 bridgehead atoms. The molecule has 1 aliphatic rings. The van der Waals surface area contributed by atoms with Crippen LogP contribution in [0.1, 0.15) is 25.7 Å². The summed E-state index contributed by atoms with van der Waals surface area (Å²) in [5.41, 5.74) is 0.882. The molecular weight excluding hydrogens is 308 g/mol. The van der Waals surface area contributed by atoms with E-state index in [2.05, 4.69) is 30.8 Å². The van der Waals surface area contributed by atoms with Crippen LogP contribution >= 0.6 is 15.9 Å². The molecule has 2 aromatic rings. The van der Waals surface area contributed by atoms with E-state index in [9.17, 15) is 5.11 Å². The summed E-state index contributed by atoms with van der Waals surface area (Å²) in [6.45, 7) is 1.20. The zero-order valence-electron chi connectivity index (χ0n) is 10.7. The van der Waals surface area contributed by atoms with E-state index in [-0.39, 0.29) is 6.61 Å². The molecule has 19 heavy (non-hydrogen) atoms. The average Bonchev–Trinajstić information content (AvgIpc) is 2.87. The molecule has 0 amide bonds. The van der Waals surface area contributed by atoms with Crippen molar-refractivity contribution >= 4 is 27.4 Å². The van der Waals surface area contributed by atoms with Crippen molar-refractivity contribution in [2.45, 2.75) is 31.7 Å². The van der Waals surface area contributed by atoms with Gasteiger partial charge in [-0.3, -0.25) is 0 Å². The quantitative estimate of drug-likeness (QED) is 0.940. The highest BCUT2D eigenvalue weighted by molar-refractivity contribution is 9.10. The summed E-state index contributed by atoms with van der Waals surface area (Å²) in [4.78, 5) is 11.3. The maximum absolute atomic E-state index is 9.23. The molecule has 1 N–H and O–H groups in total. The van der Waals surface area contributed by atoms with Crippen LogP contribution in [0.3, 0.4) is 0 Å². The second-order valence-corrected chi connectivity index (χ2v) is 5.71. The van der Waals surface area contributed by atoms with Crippen LogP contribution in [0.4, 0.5) is 5.82 Å². The van der Waals surface area contributed by atoms with Crippen LogP contribution < -0.4 is 4.90 Å². The largest absolute Gasteiger partial charge is 0.396 e. The number of halogens is 1. The third-order valence-corrected chi connectivity index (χ3v) is 4.07. The van der Waals surface area contributed by atoms with E-state index < -0.39 is 0 Å². The van der Waals surface area contributed by atoms with Gasteiger partial charge in [0.25, 0.3) is 0 Å². The van der Waals surface area contributed by atoms with Gasteiger partial charge in [-0.05, 0) is 41.6 Å². The van der Waals surface area contributed by atoms with Crippen LogP contribution in [-0.4, -0.2) is 38.7 Å². The van der Waals surface area contributed by atoms with E-state index in [0.717, 1.165) is 35.5 Å². The van der Waals surface area contributed by atoms with E-state index in [1.807, 2.05) is 16.8 Å². The van der Waals surface area contributed by atoms with Gasteiger partial charge in [0.15, 0.2) is 11.5 Å². The molecule has 5 nitrogen and oxygen atoms in total. The highest BCUT2D eigenvalue weighted by Gasteiger charge is 2.25. The van der Waals surface area contributed by atoms with Gasteiger partial charge in [-0.2, -0.15) is 0 Å². The minimum Gasteiger partial charge on any atom is -0.396 e. The number of fused-ring (bicyclic) bond motifs is 1. The molecule has 1 unspecified atom stereocenters. The molecule has 1 fully saturated rings. The third-order valence-electron chi connectivity index (χ3n) is 3.69. The third kappa shape index (κ3) is 2.47. The predicted molar refractivity (Wildman–Crippen MR) is 77.4 cm³/mol. The first-order chi connectivity index (χ1) is 9.29. The zero-order chi connectivity index (χ0) is 13.2. The molecule has 1 atom stereocenters. The molecule has 1 aliphatic heterocycles. The summed E-state index contributed by atoms with van der Waals surface area (Å²) in [5, 5.41) is 9.23. The van der Waals surface area contributed by atoms with Crippen molar-refractivity contribution in [3.63, 3.8) is 0 Å². The Kier molecular flexibility index (Phi) is 3.70. The summed E-state index contributed by atoms with van der Waals surface area (Å²) in [6.07, 6.45) is 9.93. The van der Waals surface area contributed by atoms with Crippen LogP contribution in [0.2, 0.25) is 0 Å². The lowest BCUT2D eigenvalue weighted by Gasteiger charge is -2.36. The smallest absolute Gasteiger partial charge is 0.180 e. The number of aromatic nitrogens is 3. The number of aliphatic hydroxyl groups is 1. The van der Waals surface area contributed by atoms with Gasteiger partial charge in [0.1, 0.15) is 4.60 Å². The molecule has 0 aliphatic carbocycles. The maximum Gasteiger partial charge on any atom is 0.180 e. The van der Waals surface area contributed by atoms with Gasteiger partial charge in [0.05, 0.1) is 0 Å². The van der Waals surface area contributed by atoms with Crippen LogP contribution in [0.25, 0.3) is 5.65 Å². The number of nitrogens with zero attached hydrogens (tertiary/aromatic N) is 4. The first kappa shape index (κ1) is 12.9. The van der Waals surface area contributed by atoms with E-state index >= 15 is 0 Å². The highest BCUT2D eigenvalue weighted by Crippen LogP contribution is 2.28. The van der Waals surface area contributed by atoms with Crippen molar-refractivity contribution < 1.29 is 5.11 Å². The van der Waals surface area contributed by atoms with E-state index in [4.69, 9.17) is 0 Å². The fourth-order valence-electron chi connectivity index (χ4n) is 2.81. The second-order valence-electron chi connectivity index (χ2n) is 4.90. The highest BCUT2D eigenvalue weighted by atomic mass is 79.9. The Morgan fingerprint density at radius 3 is 3.16 bits per heavy atom. The summed E-state index contributed by atoms with van der Waals surface area (Å²) < 4.78 is 2.79. The van der Waals surface area contributed by atoms with Crippen molar-refractivity contribution in [1.29, 1.82) is 0 Å². The van der Waals surface area contributed by atoms with Crippen LogP contribution in [0.5, 0.6) is 0 Å². The van der Waals surface area contributed by atoms with Crippen molar-refractivity contribution in [1.82, 2.24) is 14.4 Å². The van der Waals surface area contributed by atoms with Crippen molar-refractivity contribution in [3.8, 4) is 0 Å². The summed E-state index contributed by atoms with van der Waals surface area (Å²) >= 11 is 3.46. The zero-order valence-corrected chi connectivity index (χ0v) is 12.3. The minimum absolute atomic E-state index is 0.222. The Hall–Kier alpha value is -1.14. The number of rotatable bonds is 3. The first-order valence-corrected chi connectivity index (χ1v) is 7.45. The summed E-state index contributed by atoms with van der Waals surface area (Å²) in [5.74, 6) is 0.914. The summed E-state index contributed by atoms with van der Waals surface area (Å²) in [7, 11) is 0. The molecule has 0 radical (unpaired) electrons. The van der Waals surface area contributed by atoms with Gasteiger partial charge in [-0.1, -0.05) is 0 Å². The number of imidazole rings is 1. The lowest BCUT2D eigenvalue weighted by molar-refractivity contribution is 0.262. The molecule has 1 saturated heterocycles. The molecule has 0 saturated carbocycles. The van der Waals surface area contributed by atoms with Crippen molar-refractivity contribution in [2.24, 2.45) is 0 Å². The molecule has 2 aromatic heterocycles. The predicted octanol–water partition coefficient (Wildman–Crippen LogP) is 2.23. The first-order valence-electron chi connectivity index (χ1n) is 6.66. The monoisotopic (exact) mass is 324 g/mol. The Morgan fingerprint density at radius 2 is 2.32 bits per heavy atom. The second kappa shape index (κ2) is 5.46. The number of anilines is 1. The molecule has 0 spiro atoms. The van der Waals surface area contributed by atoms with Gasteiger partial charge in [-0.15, -0.1) is 0 Å². The molecule has 0 aromatic carbocycles. The van der Waals surface area contributed by atoms with Gasteiger partial charge < -0.3 is 14.4 Å². The standard InChI is InChI=1S/C13H17BrN4O/c14-11-9-17-7-5-15-12(17)13(16-11)18-6-2-1-3-10(18)4-8-19/h5,7,9-10,19H,1-4,6,8H2. The normalized spacial score (nSPS) is 20.1. The summed E-state index contributed by atoms with van der Waals surface area (Å²) in [6, 6.07) is 0.362. The van der Waals surface area contributed by atoms with Gasteiger partial charge in [0, 0.05) is 37.8 Å². The van der Waals surface area contributed by atoms with E-state index in [0.29, 0.717) is 6.04 Å². The van der Waals surface area contributed by atoms with Crippen molar-refractivity contribution in [2.75, 3.05) is 18.1 Å². The van der Waals surface area contributed by atoms with E-state index in [1.54, 1.807) is 6.20 Å². The van der Waals surface area contributed by atoms with Gasteiger partial charge >= 0.3 is 0 Å². The number of piperidine rings is 1. The molecule has 3 heterocycles. The topological polar surface area (TPSA) is 53.7 Å². The number of hydrogen-bond donors (Lipinski definition) is 1. The lowest BCUT2D eigenvalue weighted by atomic mass is 10.00. The minimum atomic E-state index is 0.222.